The largest absolute Gasteiger partial charge is 0.507 e. The first-order chi connectivity index (χ1) is 11.3. The fourth-order valence-electron chi connectivity index (χ4n) is 2.17. The van der Waals surface area contributed by atoms with Gasteiger partial charge in [0, 0.05) is 17.8 Å². The monoisotopic (exact) mass is 349 g/mol. The molecule has 0 spiro atoms. The van der Waals surface area contributed by atoms with Gasteiger partial charge in [-0.3, -0.25) is 9.79 Å². The third kappa shape index (κ3) is 3.78. The first-order valence-electron chi connectivity index (χ1n) is 6.95. The van der Waals surface area contributed by atoms with Gasteiger partial charge in [-0.05, 0) is 30.7 Å². The average molecular weight is 350 g/mol. The first-order valence-corrected chi connectivity index (χ1v) is 7.33. The minimum absolute atomic E-state index is 0.128. The van der Waals surface area contributed by atoms with Crippen LogP contribution in [0, 0.1) is 6.92 Å². The Hall–Kier alpha value is -2.73. The normalized spacial score (nSPS) is 11.0. The van der Waals surface area contributed by atoms with Gasteiger partial charge in [-0.15, -0.1) is 0 Å². The summed E-state index contributed by atoms with van der Waals surface area (Å²) in [5.74, 6) is -1.50. The number of phenols is 3. The molecule has 0 radical (unpaired) electrons. The van der Waals surface area contributed by atoms with E-state index in [4.69, 9.17) is 16.3 Å². The summed E-state index contributed by atoms with van der Waals surface area (Å²) in [7, 11) is 1.48. The van der Waals surface area contributed by atoms with Crippen molar-refractivity contribution in [2.45, 2.75) is 6.92 Å². The molecule has 0 aromatic heterocycles. The lowest BCUT2D eigenvalue weighted by Crippen LogP contribution is -2.04. The van der Waals surface area contributed by atoms with Crippen molar-refractivity contribution in [2.24, 2.45) is 4.99 Å². The van der Waals surface area contributed by atoms with Crippen molar-refractivity contribution in [1.82, 2.24) is 0 Å². The lowest BCUT2D eigenvalue weighted by Gasteiger charge is -2.08. The summed E-state index contributed by atoms with van der Waals surface area (Å²) in [5, 5.41) is 28.8. The number of aliphatic imine (C=N–C) groups is 1. The number of ketones is 1. The third-order valence-corrected chi connectivity index (χ3v) is 3.56. The van der Waals surface area contributed by atoms with Crippen molar-refractivity contribution in [3.05, 3.63) is 46.0 Å². The van der Waals surface area contributed by atoms with Crippen LogP contribution in [0.5, 0.6) is 23.0 Å². The number of carbonyl (C=O) groups is 1. The third-order valence-electron chi connectivity index (χ3n) is 3.28. The van der Waals surface area contributed by atoms with Crippen molar-refractivity contribution < 1.29 is 24.9 Å². The molecule has 0 aliphatic rings. The van der Waals surface area contributed by atoms with E-state index in [0.29, 0.717) is 16.3 Å². The smallest absolute Gasteiger partial charge is 0.188 e. The zero-order valence-corrected chi connectivity index (χ0v) is 13.8. The number of hydrogen-bond donors (Lipinski definition) is 3. The quantitative estimate of drug-likeness (QED) is 0.333. The predicted octanol–water partition coefficient (Wildman–Crippen LogP) is 3.08. The predicted molar refractivity (Wildman–Crippen MR) is 91.0 cm³/mol. The van der Waals surface area contributed by atoms with E-state index in [1.165, 1.54) is 13.3 Å². The summed E-state index contributed by atoms with van der Waals surface area (Å²) < 4.78 is 5.21. The van der Waals surface area contributed by atoms with Crippen LogP contribution < -0.4 is 4.74 Å². The summed E-state index contributed by atoms with van der Waals surface area (Å²) in [5.41, 5.74) is 1.40. The van der Waals surface area contributed by atoms with Gasteiger partial charge in [0.1, 0.15) is 18.0 Å². The van der Waals surface area contributed by atoms with Crippen LogP contribution in [0.25, 0.3) is 0 Å². The zero-order chi connectivity index (χ0) is 17.9. The molecule has 0 unspecified atom stereocenters. The van der Waals surface area contributed by atoms with Gasteiger partial charge in [0.05, 0.1) is 17.7 Å². The highest BCUT2D eigenvalue weighted by molar-refractivity contribution is 6.32. The SMILES string of the molecule is COc1c(Cl)cc(C)cc1C=NCC(=O)c1cc(O)c(O)cc1O. The number of benzene rings is 2. The molecular weight excluding hydrogens is 334 g/mol. The zero-order valence-electron chi connectivity index (χ0n) is 13.1. The van der Waals surface area contributed by atoms with Gasteiger partial charge in [0.15, 0.2) is 17.3 Å². The highest BCUT2D eigenvalue weighted by Gasteiger charge is 2.14. The summed E-state index contributed by atoms with van der Waals surface area (Å²) in [6.45, 7) is 1.61. The molecule has 7 heteroatoms. The topological polar surface area (TPSA) is 99.4 Å². The van der Waals surface area contributed by atoms with Crippen LogP contribution in [0.1, 0.15) is 21.5 Å². The molecule has 0 saturated heterocycles. The van der Waals surface area contributed by atoms with Crippen LogP contribution in [0.15, 0.2) is 29.3 Å². The Morgan fingerprint density at radius 2 is 1.83 bits per heavy atom. The summed E-state index contributed by atoms with van der Waals surface area (Å²) in [6, 6.07) is 5.45. The number of rotatable bonds is 5. The van der Waals surface area contributed by atoms with E-state index in [2.05, 4.69) is 4.99 Å². The van der Waals surface area contributed by atoms with Gasteiger partial charge < -0.3 is 20.1 Å². The second-order valence-electron chi connectivity index (χ2n) is 5.12. The minimum Gasteiger partial charge on any atom is -0.507 e. The molecule has 0 aliphatic carbocycles. The maximum Gasteiger partial charge on any atom is 0.188 e. The number of carbonyl (C=O) groups excluding carboxylic acids is 1. The molecule has 0 amide bonds. The lowest BCUT2D eigenvalue weighted by atomic mass is 10.1. The molecule has 0 bridgehead atoms. The van der Waals surface area contributed by atoms with Gasteiger partial charge in [-0.2, -0.15) is 0 Å². The summed E-state index contributed by atoms with van der Waals surface area (Å²) >= 11 is 6.09. The molecule has 2 aromatic rings. The number of aromatic hydroxyl groups is 3. The molecule has 3 N–H and O–H groups in total. The Labute approximate surface area is 143 Å². The summed E-state index contributed by atoms with van der Waals surface area (Å²) in [6.07, 6.45) is 1.45. The van der Waals surface area contributed by atoms with Gasteiger partial charge in [0.2, 0.25) is 0 Å². The number of Topliss-reactive ketones (excluding diaryl/α,β-unsaturated/α-hetero) is 1. The number of ether oxygens (including phenoxy) is 1. The fourth-order valence-corrected chi connectivity index (χ4v) is 2.53. The van der Waals surface area contributed by atoms with E-state index < -0.39 is 23.0 Å². The van der Waals surface area contributed by atoms with Gasteiger partial charge >= 0.3 is 0 Å². The van der Waals surface area contributed by atoms with E-state index in [1.807, 2.05) is 13.0 Å². The van der Waals surface area contributed by atoms with Crippen LogP contribution in [0.2, 0.25) is 5.02 Å². The molecule has 0 saturated carbocycles. The number of aryl methyl sites for hydroxylation is 1. The number of hydrogen-bond acceptors (Lipinski definition) is 6. The van der Waals surface area contributed by atoms with Crippen LogP contribution in [-0.2, 0) is 0 Å². The molecule has 0 aliphatic heterocycles. The number of nitrogens with zero attached hydrogens (tertiary/aromatic N) is 1. The van der Waals surface area contributed by atoms with E-state index >= 15 is 0 Å². The Morgan fingerprint density at radius 1 is 1.17 bits per heavy atom. The molecule has 6 nitrogen and oxygen atoms in total. The van der Waals surface area contributed by atoms with E-state index in [-0.39, 0.29) is 12.1 Å². The van der Waals surface area contributed by atoms with Crippen LogP contribution in [-0.4, -0.2) is 41.0 Å². The molecule has 24 heavy (non-hydrogen) atoms. The molecule has 2 rings (SSSR count). The van der Waals surface area contributed by atoms with Gasteiger partial charge in [-0.1, -0.05) is 11.6 Å². The van der Waals surface area contributed by atoms with E-state index in [9.17, 15) is 20.1 Å². The minimum atomic E-state index is -0.517. The second-order valence-corrected chi connectivity index (χ2v) is 5.53. The van der Waals surface area contributed by atoms with E-state index in [0.717, 1.165) is 17.7 Å². The van der Waals surface area contributed by atoms with Crippen molar-refractivity contribution in [1.29, 1.82) is 0 Å². The molecule has 0 fully saturated rings. The highest BCUT2D eigenvalue weighted by atomic mass is 35.5. The van der Waals surface area contributed by atoms with Crippen molar-refractivity contribution >= 4 is 23.6 Å². The molecule has 2 aromatic carbocycles. The van der Waals surface area contributed by atoms with Crippen LogP contribution >= 0.6 is 11.6 Å². The Kier molecular flexibility index (Phi) is 5.31. The number of methoxy groups -OCH3 is 1. The van der Waals surface area contributed by atoms with Gasteiger partial charge in [-0.25, -0.2) is 0 Å². The Balaban J connectivity index is 2.21. The maximum atomic E-state index is 12.1. The standard InChI is InChI=1S/C17H16ClNO5/c1-9-3-10(17(24-2)12(18)4-9)7-19-8-16(23)11-5-14(21)15(22)6-13(11)20/h3-7,20-22H,8H2,1-2H3. The summed E-state index contributed by atoms with van der Waals surface area (Å²) in [4.78, 5) is 16.1. The molecule has 126 valence electrons. The van der Waals surface area contributed by atoms with Crippen molar-refractivity contribution in [3.8, 4) is 23.0 Å². The van der Waals surface area contributed by atoms with Crippen molar-refractivity contribution in [3.63, 3.8) is 0 Å². The number of phenolic OH excluding ortho intramolecular Hbond substituents is 3. The molecule has 0 heterocycles. The number of halogens is 1. The van der Waals surface area contributed by atoms with E-state index in [1.54, 1.807) is 6.07 Å². The Bertz CT molecular complexity index is 817. The Morgan fingerprint density at radius 3 is 2.50 bits per heavy atom. The second kappa shape index (κ2) is 7.23. The van der Waals surface area contributed by atoms with Gasteiger partial charge in [0.25, 0.3) is 0 Å². The lowest BCUT2D eigenvalue weighted by molar-refractivity contribution is 0.0999. The van der Waals surface area contributed by atoms with Crippen molar-refractivity contribution in [2.75, 3.05) is 13.7 Å². The maximum absolute atomic E-state index is 12.1. The molecular formula is C17H16ClNO5. The van der Waals surface area contributed by atoms with Crippen LogP contribution in [0.3, 0.4) is 0 Å². The molecule has 0 atom stereocenters. The average Bonchev–Trinajstić information content (AvgIpc) is 2.50. The highest BCUT2D eigenvalue weighted by Crippen LogP contribution is 2.32. The fraction of sp³-hybridized carbons (Fsp3) is 0.176. The van der Waals surface area contributed by atoms with Crippen LogP contribution in [0.4, 0.5) is 0 Å². The first kappa shape index (κ1) is 17.6.